The van der Waals surface area contributed by atoms with Crippen molar-refractivity contribution in [3.05, 3.63) is 57.8 Å². The van der Waals surface area contributed by atoms with E-state index in [9.17, 15) is 18.0 Å². The van der Waals surface area contributed by atoms with Crippen molar-refractivity contribution in [3.63, 3.8) is 0 Å². The molecule has 0 N–H and O–H groups in total. The topological polar surface area (TPSA) is 20.3 Å². The quantitative estimate of drug-likeness (QED) is 0.801. The standard InChI is InChI=1S/C16H14F3NOS/c17-16(18,19)14-3-1-11(2-4-14)15(21)20-7-5-12(9-20)13-6-8-22-10-13/h1-4,6,8,10,12H,5,7,9H2. The molecule has 6 heteroatoms. The number of hydrogen-bond donors (Lipinski definition) is 0. The largest absolute Gasteiger partial charge is 0.416 e. The maximum Gasteiger partial charge on any atom is 0.416 e. The first-order valence-electron chi connectivity index (χ1n) is 6.94. The van der Waals surface area contributed by atoms with E-state index >= 15 is 0 Å². The van der Waals surface area contributed by atoms with Gasteiger partial charge in [0.1, 0.15) is 0 Å². The van der Waals surface area contributed by atoms with Crippen molar-refractivity contribution in [2.45, 2.75) is 18.5 Å². The third kappa shape index (κ3) is 3.02. The van der Waals surface area contributed by atoms with Crippen molar-refractivity contribution in [1.29, 1.82) is 0 Å². The Bertz CT molecular complexity index is 649. The Morgan fingerprint density at radius 3 is 2.50 bits per heavy atom. The number of halogens is 3. The summed E-state index contributed by atoms with van der Waals surface area (Å²) in [5, 5.41) is 4.09. The monoisotopic (exact) mass is 325 g/mol. The first-order chi connectivity index (χ1) is 10.4. The van der Waals surface area contributed by atoms with E-state index in [0.29, 0.717) is 24.6 Å². The molecule has 1 aliphatic rings. The molecule has 0 saturated carbocycles. The zero-order valence-electron chi connectivity index (χ0n) is 11.6. The molecule has 116 valence electrons. The maximum atomic E-state index is 12.5. The Morgan fingerprint density at radius 1 is 1.18 bits per heavy atom. The molecule has 1 unspecified atom stereocenters. The van der Waals surface area contributed by atoms with Gasteiger partial charge in [-0.15, -0.1) is 0 Å². The van der Waals surface area contributed by atoms with Gasteiger partial charge in [-0.25, -0.2) is 0 Å². The Balaban J connectivity index is 1.70. The summed E-state index contributed by atoms with van der Waals surface area (Å²) in [6.45, 7) is 1.26. The van der Waals surface area contributed by atoms with Crippen LogP contribution < -0.4 is 0 Å². The normalized spacial score (nSPS) is 18.7. The molecule has 22 heavy (non-hydrogen) atoms. The minimum Gasteiger partial charge on any atom is -0.338 e. The van der Waals surface area contributed by atoms with Crippen LogP contribution in [-0.4, -0.2) is 23.9 Å². The molecule has 1 saturated heterocycles. The summed E-state index contributed by atoms with van der Waals surface area (Å²) in [6, 6.07) is 6.48. The van der Waals surface area contributed by atoms with Crippen LogP contribution in [-0.2, 0) is 6.18 Å². The number of likely N-dealkylation sites (tertiary alicyclic amines) is 1. The van der Waals surface area contributed by atoms with Crippen LogP contribution in [0.4, 0.5) is 13.2 Å². The molecule has 0 aliphatic carbocycles. The molecule has 0 spiro atoms. The summed E-state index contributed by atoms with van der Waals surface area (Å²) in [4.78, 5) is 14.1. The third-order valence-corrected chi connectivity index (χ3v) is 4.65. The molecule has 2 heterocycles. The Labute approximate surface area is 130 Å². The number of nitrogens with zero attached hydrogens (tertiary/aromatic N) is 1. The van der Waals surface area contributed by atoms with Crippen LogP contribution in [0.2, 0.25) is 0 Å². The average molecular weight is 325 g/mol. The van der Waals surface area contributed by atoms with Crippen LogP contribution in [0, 0.1) is 0 Å². The molecular formula is C16H14F3NOS. The van der Waals surface area contributed by atoms with Gasteiger partial charge in [-0.3, -0.25) is 4.79 Å². The zero-order valence-corrected chi connectivity index (χ0v) is 12.5. The van der Waals surface area contributed by atoms with Crippen LogP contribution in [0.15, 0.2) is 41.1 Å². The van der Waals surface area contributed by atoms with Gasteiger partial charge in [0.25, 0.3) is 5.91 Å². The highest BCUT2D eigenvalue weighted by Gasteiger charge is 2.31. The van der Waals surface area contributed by atoms with Crippen LogP contribution in [0.1, 0.15) is 33.8 Å². The van der Waals surface area contributed by atoms with Crippen LogP contribution in [0.25, 0.3) is 0 Å². The van der Waals surface area contributed by atoms with Gasteiger partial charge in [-0.05, 0) is 53.1 Å². The average Bonchev–Trinajstić information content (AvgIpc) is 3.16. The predicted octanol–water partition coefficient (Wildman–Crippen LogP) is 4.40. The third-order valence-electron chi connectivity index (χ3n) is 3.95. The lowest BCUT2D eigenvalue weighted by atomic mass is 10.0. The number of thiophene rings is 1. The number of rotatable bonds is 2. The Hall–Kier alpha value is -1.82. The number of amides is 1. The molecule has 1 aromatic carbocycles. The smallest absolute Gasteiger partial charge is 0.338 e. The first kappa shape index (κ1) is 15.1. The minimum atomic E-state index is -4.38. The van der Waals surface area contributed by atoms with Gasteiger partial charge < -0.3 is 4.90 Å². The molecule has 2 nitrogen and oxygen atoms in total. The van der Waals surface area contributed by atoms with Crippen molar-refractivity contribution in [3.8, 4) is 0 Å². The highest BCUT2D eigenvalue weighted by Crippen LogP contribution is 2.31. The van der Waals surface area contributed by atoms with E-state index in [1.165, 1.54) is 17.7 Å². The molecule has 1 atom stereocenters. The Morgan fingerprint density at radius 2 is 1.91 bits per heavy atom. The molecular weight excluding hydrogens is 311 g/mol. The highest BCUT2D eigenvalue weighted by atomic mass is 32.1. The fraction of sp³-hybridized carbons (Fsp3) is 0.312. The van der Waals surface area contributed by atoms with Gasteiger partial charge >= 0.3 is 6.18 Å². The predicted molar refractivity (Wildman–Crippen MR) is 79.0 cm³/mol. The zero-order chi connectivity index (χ0) is 15.7. The number of hydrogen-bond acceptors (Lipinski definition) is 2. The second-order valence-corrected chi connectivity index (χ2v) is 6.15. The van der Waals surface area contributed by atoms with Gasteiger partial charge in [-0.2, -0.15) is 24.5 Å². The van der Waals surface area contributed by atoms with Gasteiger partial charge in [0.15, 0.2) is 0 Å². The number of alkyl halides is 3. The summed E-state index contributed by atoms with van der Waals surface area (Å²) in [7, 11) is 0. The van der Waals surface area contributed by atoms with Crippen molar-refractivity contribution in [2.24, 2.45) is 0 Å². The van der Waals surface area contributed by atoms with Crippen molar-refractivity contribution < 1.29 is 18.0 Å². The molecule has 1 aromatic heterocycles. The minimum absolute atomic E-state index is 0.202. The Kier molecular flexibility index (Phi) is 3.95. The van der Waals surface area contributed by atoms with Crippen molar-refractivity contribution >= 4 is 17.2 Å². The molecule has 0 radical (unpaired) electrons. The van der Waals surface area contributed by atoms with Crippen molar-refractivity contribution in [2.75, 3.05) is 13.1 Å². The lowest BCUT2D eigenvalue weighted by molar-refractivity contribution is -0.137. The fourth-order valence-corrected chi connectivity index (χ4v) is 3.45. The number of carbonyl (C=O) groups is 1. The summed E-state index contributed by atoms with van der Waals surface area (Å²) >= 11 is 1.63. The molecule has 2 aromatic rings. The molecule has 1 amide bonds. The lowest BCUT2D eigenvalue weighted by Gasteiger charge is -2.17. The fourth-order valence-electron chi connectivity index (χ4n) is 2.71. The second-order valence-electron chi connectivity index (χ2n) is 5.37. The summed E-state index contributed by atoms with van der Waals surface area (Å²) < 4.78 is 37.6. The first-order valence-corrected chi connectivity index (χ1v) is 7.88. The SMILES string of the molecule is O=C(c1ccc(C(F)(F)F)cc1)N1CCC(c2ccsc2)C1. The van der Waals surface area contributed by atoms with Crippen LogP contribution >= 0.6 is 11.3 Å². The number of benzene rings is 1. The van der Waals surface area contributed by atoms with E-state index in [-0.39, 0.29) is 5.91 Å². The van der Waals surface area contributed by atoms with Gasteiger partial charge in [0.05, 0.1) is 5.56 Å². The molecule has 0 bridgehead atoms. The lowest BCUT2D eigenvalue weighted by Crippen LogP contribution is -2.28. The second kappa shape index (κ2) is 5.76. The van der Waals surface area contributed by atoms with E-state index < -0.39 is 11.7 Å². The van der Waals surface area contributed by atoms with E-state index in [1.807, 2.05) is 5.38 Å². The summed E-state index contributed by atoms with van der Waals surface area (Å²) in [5.74, 6) is 0.121. The summed E-state index contributed by atoms with van der Waals surface area (Å²) in [6.07, 6.45) is -3.48. The van der Waals surface area contributed by atoms with Crippen molar-refractivity contribution in [1.82, 2.24) is 4.90 Å². The van der Waals surface area contributed by atoms with E-state index in [0.717, 1.165) is 18.6 Å². The van der Waals surface area contributed by atoms with E-state index in [2.05, 4.69) is 11.4 Å². The maximum absolute atomic E-state index is 12.5. The van der Waals surface area contributed by atoms with Gasteiger partial charge in [-0.1, -0.05) is 0 Å². The van der Waals surface area contributed by atoms with E-state index in [1.54, 1.807) is 16.2 Å². The molecule has 3 rings (SSSR count). The van der Waals surface area contributed by atoms with Crippen LogP contribution in [0.5, 0.6) is 0 Å². The highest BCUT2D eigenvalue weighted by molar-refractivity contribution is 7.07. The molecule has 1 fully saturated rings. The number of carbonyl (C=O) groups excluding carboxylic acids is 1. The van der Waals surface area contributed by atoms with Crippen LogP contribution in [0.3, 0.4) is 0 Å². The summed E-state index contributed by atoms with van der Waals surface area (Å²) in [5.41, 5.74) is 0.799. The van der Waals surface area contributed by atoms with Gasteiger partial charge in [0.2, 0.25) is 0 Å². The van der Waals surface area contributed by atoms with E-state index in [4.69, 9.17) is 0 Å². The van der Waals surface area contributed by atoms with Gasteiger partial charge in [0, 0.05) is 24.6 Å². The molecule has 1 aliphatic heterocycles.